The summed E-state index contributed by atoms with van der Waals surface area (Å²) in [6.07, 6.45) is 1.49. The summed E-state index contributed by atoms with van der Waals surface area (Å²) >= 11 is 21.9. The van der Waals surface area contributed by atoms with Crippen LogP contribution in [0.2, 0.25) is 10.0 Å². The second kappa shape index (κ2) is 11.1. The fourth-order valence-corrected chi connectivity index (χ4v) is 6.03. The van der Waals surface area contributed by atoms with Crippen LogP contribution < -0.4 is 15.0 Å². The van der Waals surface area contributed by atoms with Gasteiger partial charge in [0, 0.05) is 0 Å². The number of hydrogen-bond donors (Lipinski definition) is 1. The highest BCUT2D eigenvalue weighted by Gasteiger charge is 2.35. The van der Waals surface area contributed by atoms with E-state index in [0.717, 1.165) is 17.6 Å². The van der Waals surface area contributed by atoms with E-state index in [1.165, 1.54) is 18.2 Å². The Morgan fingerprint density at radius 2 is 1.71 bits per heavy atom. The van der Waals surface area contributed by atoms with Crippen LogP contribution in [0.15, 0.2) is 60.2 Å². The van der Waals surface area contributed by atoms with Crippen LogP contribution in [0.25, 0.3) is 6.08 Å². The lowest BCUT2D eigenvalue weighted by Gasteiger charge is -2.29. The van der Waals surface area contributed by atoms with Crippen molar-refractivity contribution < 1.29 is 18.7 Å². The summed E-state index contributed by atoms with van der Waals surface area (Å²) in [5.74, 6) is -0.903. The smallest absolute Gasteiger partial charge is 0.270 e. The van der Waals surface area contributed by atoms with Gasteiger partial charge in [-0.3, -0.25) is 19.8 Å². The zero-order valence-electron chi connectivity index (χ0n) is 17.5. The van der Waals surface area contributed by atoms with E-state index >= 15 is 0 Å². The Balaban J connectivity index is 1.63. The number of rotatable bonds is 5. The van der Waals surface area contributed by atoms with Crippen LogP contribution in [0.4, 0.5) is 10.1 Å². The number of thiocarbonyl (C=S) groups is 1. The molecule has 5 nitrogen and oxygen atoms in total. The fraction of sp³-hybridized carbons (Fsp3) is 0.0417. The van der Waals surface area contributed by atoms with Crippen molar-refractivity contribution in [1.82, 2.24) is 5.32 Å². The maximum absolute atomic E-state index is 13.3. The highest BCUT2D eigenvalue weighted by atomic mass is 127. The first-order valence-corrected chi connectivity index (χ1v) is 13.2. The van der Waals surface area contributed by atoms with E-state index in [9.17, 15) is 14.0 Å². The second-order valence-electron chi connectivity index (χ2n) is 7.26. The molecular formula is C24H13Cl2FI2N2O3S. The van der Waals surface area contributed by atoms with Crippen molar-refractivity contribution in [3.63, 3.8) is 0 Å². The van der Waals surface area contributed by atoms with Crippen LogP contribution in [-0.2, 0) is 16.2 Å². The minimum Gasteiger partial charge on any atom is -0.487 e. The summed E-state index contributed by atoms with van der Waals surface area (Å²) < 4.78 is 20.6. The number of benzene rings is 3. The van der Waals surface area contributed by atoms with Crippen molar-refractivity contribution in [2.24, 2.45) is 0 Å². The van der Waals surface area contributed by atoms with Gasteiger partial charge in [0.25, 0.3) is 11.8 Å². The summed E-state index contributed by atoms with van der Waals surface area (Å²) in [6.45, 7) is 0.264. The fourth-order valence-electron chi connectivity index (χ4n) is 3.24. The molecule has 0 bridgehead atoms. The second-order valence-corrected chi connectivity index (χ2v) is 10.8. The van der Waals surface area contributed by atoms with E-state index in [1.807, 2.05) is 0 Å². The Labute approximate surface area is 242 Å². The van der Waals surface area contributed by atoms with Gasteiger partial charge in [-0.15, -0.1) is 0 Å². The van der Waals surface area contributed by atoms with Gasteiger partial charge in [-0.1, -0.05) is 41.4 Å². The molecule has 0 aromatic heterocycles. The summed E-state index contributed by atoms with van der Waals surface area (Å²) in [5, 5.41) is 2.84. The average molecular weight is 753 g/mol. The van der Waals surface area contributed by atoms with Crippen LogP contribution in [0.3, 0.4) is 0 Å². The van der Waals surface area contributed by atoms with E-state index in [1.54, 1.807) is 42.5 Å². The first-order valence-electron chi connectivity index (χ1n) is 9.87. The van der Waals surface area contributed by atoms with Gasteiger partial charge in [0.2, 0.25) is 0 Å². The lowest BCUT2D eigenvalue weighted by Crippen LogP contribution is -2.54. The third kappa shape index (κ3) is 5.79. The third-order valence-electron chi connectivity index (χ3n) is 4.90. The minimum atomic E-state index is -0.621. The van der Waals surface area contributed by atoms with Gasteiger partial charge in [0.15, 0.2) is 5.11 Å². The van der Waals surface area contributed by atoms with Crippen molar-refractivity contribution in [2.75, 3.05) is 4.90 Å². The molecule has 0 saturated carbocycles. The van der Waals surface area contributed by atoms with Gasteiger partial charge in [0.1, 0.15) is 23.7 Å². The molecule has 1 saturated heterocycles. The molecule has 178 valence electrons. The van der Waals surface area contributed by atoms with Crippen LogP contribution in [0, 0.1) is 13.0 Å². The summed E-state index contributed by atoms with van der Waals surface area (Å²) in [5.41, 5.74) is 1.61. The molecule has 1 N–H and O–H groups in total. The molecule has 1 aliphatic rings. The predicted octanol–water partition coefficient (Wildman–Crippen LogP) is 6.75. The number of hydrogen-bond acceptors (Lipinski definition) is 4. The number of amides is 2. The highest BCUT2D eigenvalue weighted by molar-refractivity contribution is 14.1. The molecule has 35 heavy (non-hydrogen) atoms. The largest absolute Gasteiger partial charge is 0.487 e. The van der Waals surface area contributed by atoms with E-state index < -0.39 is 11.8 Å². The number of carbonyl (C=O) groups is 2. The molecule has 0 radical (unpaired) electrons. The first kappa shape index (κ1) is 26.3. The Morgan fingerprint density at radius 1 is 1.06 bits per heavy atom. The van der Waals surface area contributed by atoms with Gasteiger partial charge < -0.3 is 4.74 Å². The van der Waals surface area contributed by atoms with Crippen molar-refractivity contribution >= 4 is 109 Å². The Hall–Kier alpha value is -1.80. The van der Waals surface area contributed by atoms with Crippen molar-refractivity contribution in [3.8, 4) is 5.75 Å². The molecule has 2 amide bonds. The maximum Gasteiger partial charge on any atom is 0.270 e. The normalized spacial score (nSPS) is 14.9. The zero-order valence-corrected chi connectivity index (χ0v) is 24.1. The Bertz CT molecular complexity index is 1380. The molecule has 1 fully saturated rings. The molecule has 3 aromatic rings. The Kier molecular flexibility index (Phi) is 8.31. The molecule has 0 spiro atoms. The van der Waals surface area contributed by atoms with Gasteiger partial charge in [-0.05, 0) is 111 Å². The molecule has 3 aromatic carbocycles. The van der Waals surface area contributed by atoms with Gasteiger partial charge in [-0.2, -0.15) is 0 Å². The number of nitrogens with zero attached hydrogens (tertiary/aromatic N) is 1. The van der Waals surface area contributed by atoms with Crippen LogP contribution in [0.5, 0.6) is 5.75 Å². The number of nitrogens with one attached hydrogen (secondary N) is 1. The summed E-state index contributed by atoms with van der Waals surface area (Å²) in [7, 11) is 0. The number of halogens is 5. The monoisotopic (exact) mass is 752 g/mol. The van der Waals surface area contributed by atoms with E-state index in [-0.39, 0.29) is 38.8 Å². The highest BCUT2D eigenvalue weighted by Crippen LogP contribution is 2.35. The average Bonchev–Trinajstić information content (AvgIpc) is 2.80. The lowest BCUT2D eigenvalue weighted by molar-refractivity contribution is -0.122. The van der Waals surface area contributed by atoms with Crippen molar-refractivity contribution in [3.05, 3.63) is 94.3 Å². The van der Waals surface area contributed by atoms with Gasteiger partial charge >= 0.3 is 0 Å². The number of carbonyl (C=O) groups excluding carboxylic acids is 2. The minimum absolute atomic E-state index is 0.0879. The molecule has 0 atom stereocenters. The first-order chi connectivity index (χ1) is 16.7. The molecule has 1 aliphatic heterocycles. The third-order valence-corrected chi connectivity index (χ3v) is 7.60. The summed E-state index contributed by atoms with van der Waals surface area (Å²) in [6, 6.07) is 14.5. The van der Waals surface area contributed by atoms with E-state index in [0.29, 0.717) is 11.3 Å². The van der Waals surface area contributed by atoms with E-state index in [2.05, 4.69) is 50.5 Å². The SMILES string of the molecule is O=C1NC(=S)N(c2cccc(Cl)c2Cl)C(=O)/C1=C/c1cc(I)c(OCc2ccc(F)cc2)c(I)c1. The number of ether oxygens (including phenoxy) is 1. The predicted molar refractivity (Wildman–Crippen MR) is 155 cm³/mol. The quantitative estimate of drug-likeness (QED) is 0.136. The molecule has 4 rings (SSSR count). The van der Waals surface area contributed by atoms with Gasteiger partial charge in [0.05, 0.1) is 22.9 Å². The number of anilines is 1. The summed E-state index contributed by atoms with van der Waals surface area (Å²) in [4.78, 5) is 27.1. The van der Waals surface area contributed by atoms with Crippen LogP contribution >= 0.6 is 80.6 Å². The van der Waals surface area contributed by atoms with Crippen LogP contribution in [-0.4, -0.2) is 16.9 Å². The topological polar surface area (TPSA) is 58.6 Å². The van der Waals surface area contributed by atoms with E-state index in [4.69, 9.17) is 40.2 Å². The Morgan fingerprint density at radius 3 is 2.37 bits per heavy atom. The van der Waals surface area contributed by atoms with Crippen molar-refractivity contribution in [1.29, 1.82) is 0 Å². The lowest BCUT2D eigenvalue weighted by atomic mass is 10.1. The molecule has 11 heteroatoms. The van der Waals surface area contributed by atoms with Gasteiger partial charge in [-0.25, -0.2) is 4.39 Å². The van der Waals surface area contributed by atoms with Crippen LogP contribution in [0.1, 0.15) is 11.1 Å². The van der Waals surface area contributed by atoms with Crippen molar-refractivity contribution in [2.45, 2.75) is 6.61 Å². The maximum atomic E-state index is 13.3. The molecule has 1 heterocycles. The molecule has 0 aliphatic carbocycles. The molecule has 0 unspecified atom stereocenters. The zero-order chi connectivity index (χ0) is 25.3. The standard InChI is InChI=1S/C24H13Cl2FI2N2O3S/c25-16-2-1-3-19(20(16)26)31-23(33)15(22(32)30-24(31)35)8-13-9-17(28)21(18(29)10-13)34-11-12-4-6-14(27)7-5-12/h1-10H,11H2,(H,30,32,35)/b15-8+. The molecular weight excluding hydrogens is 740 g/mol.